The van der Waals surface area contributed by atoms with Crippen LogP contribution in [0.1, 0.15) is 81.8 Å². The summed E-state index contributed by atoms with van der Waals surface area (Å²) in [6.07, 6.45) is 2.92. The molecule has 1 aromatic rings. The summed E-state index contributed by atoms with van der Waals surface area (Å²) in [5.41, 5.74) is -3.74. The van der Waals surface area contributed by atoms with Crippen LogP contribution in [0.15, 0.2) is 34.8 Å². The highest BCUT2D eigenvalue weighted by atomic mass is 16.3. The molecule has 4 N–H and O–H groups in total. The van der Waals surface area contributed by atoms with E-state index in [1.165, 1.54) is 6.07 Å². The predicted molar refractivity (Wildman–Crippen MR) is 129 cm³/mol. The van der Waals surface area contributed by atoms with Crippen LogP contribution in [0.4, 0.5) is 0 Å². The standard InChI is InChI=1S/C28H34O7/c1-14(2)7-6-8-16-9-10-18(30)21-17(16)11-26(4)13-27(5)12-19(31)20(15(3)29)24(33)28(27,35)25(34)22(26)23(21)32/h9-10,14,30-31,34-35H,6-8,11-13H2,1-5H3/t26-,27+,28+/m1/s1. The lowest BCUT2D eigenvalue weighted by Gasteiger charge is -2.56. The minimum atomic E-state index is -2.53. The molecule has 7 heteroatoms. The smallest absolute Gasteiger partial charge is 0.209 e. The lowest BCUT2D eigenvalue weighted by Crippen LogP contribution is -2.63. The van der Waals surface area contributed by atoms with Gasteiger partial charge in [0.1, 0.15) is 22.8 Å². The van der Waals surface area contributed by atoms with Crippen LogP contribution in [0.5, 0.6) is 5.75 Å². The molecule has 0 radical (unpaired) electrons. The van der Waals surface area contributed by atoms with Crippen LogP contribution in [-0.2, 0) is 22.4 Å². The molecule has 3 atom stereocenters. The Labute approximate surface area is 205 Å². The van der Waals surface area contributed by atoms with Crippen LogP contribution in [0.3, 0.4) is 0 Å². The van der Waals surface area contributed by atoms with Gasteiger partial charge in [-0.25, -0.2) is 0 Å². The minimum Gasteiger partial charge on any atom is -0.511 e. The molecule has 0 unspecified atom stereocenters. The fraction of sp³-hybridized carbons (Fsp3) is 0.536. The highest BCUT2D eigenvalue weighted by molar-refractivity contribution is 6.25. The van der Waals surface area contributed by atoms with Gasteiger partial charge in [0.2, 0.25) is 5.78 Å². The molecule has 35 heavy (non-hydrogen) atoms. The van der Waals surface area contributed by atoms with E-state index in [1.807, 2.05) is 6.07 Å². The van der Waals surface area contributed by atoms with E-state index in [1.54, 1.807) is 13.8 Å². The third kappa shape index (κ3) is 3.46. The Morgan fingerprint density at radius 1 is 1.09 bits per heavy atom. The first-order valence-corrected chi connectivity index (χ1v) is 12.2. The molecular formula is C28H34O7. The maximum absolute atomic E-state index is 13.8. The number of aryl methyl sites for hydroxylation is 1. The number of allylic oxidation sites excluding steroid dienone is 2. The summed E-state index contributed by atoms with van der Waals surface area (Å²) in [6.45, 7) is 8.79. The van der Waals surface area contributed by atoms with Crippen molar-refractivity contribution in [2.45, 2.75) is 78.7 Å². The Balaban J connectivity index is 1.90. The number of hydrogen-bond donors (Lipinski definition) is 4. The number of aromatic hydroxyl groups is 1. The number of Topliss-reactive ketones (excluding diaryl/α,β-unsaturated/α-hetero) is 3. The van der Waals surface area contributed by atoms with Gasteiger partial charge in [-0.3, -0.25) is 14.4 Å². The summed E-state index contributed by atoms with van der Waals surface area (Å²) in [5.74, 6) is -3.33. The van der Waals surface area contributed by atoms with Crippen LogP contribution in [0, 0.1) is 16.7 Å². The van der Waals surface area contributed by atoms with Crippen molar-refractivity contribution < 1.29 is 34.8 Å². The van der Waals surface area contributed by atoms with Crippen LogP contribution < -0.4 is 0 Å². The highest BCUT2D eigenvalue weighted by Gasteiger charge is 2.67. The molecule has 1 aromatic carbocycles. The first kappa shape index (κ1) is 25.2. The van der Waals surface area contributed by atoms with Crippen molar-refractivity contribution >= 4 is 17.3 Å². The molecule has 4 rings (SSSR count). The number of rotatable bonds is 5. The molecule has 0 bridgehead atoms. The van der Waals surface area contributed by atoms with Gasteiger partial charge in [-0.05, 0) is 55.7 Å². The number of aliphatic hydroxyl groups excluding tert-OH is 2. The number of hydrogen-bond acceptors (Lipinski definition) is 7. The molecule has 0 aliphatic heterocycles. The number of ketones is 3. The topological polar surface area (TPSA) is 132 Å². The second-order valence-electron chi connectivity index (χ2n) is 11.5. The van der Waals surface area contributed by atoms with E-state index in [2.05, 4.69) is 13.8 Å². The summed E-state index contributed by atoms with van der Waals surface area (Å²) >= 11 is 0. The number of phenolic OH excluding ortho intramolecular Hbond substituents is 1. The summed E-state index contributed by atoms with van der Waals surface area (Å²) in [6, 6.07) is 3.31. The fourth-order valence-electron chi connectivity index (χ4n) is 6.65. The average Bonchev–Trinajstić information content (AvgIpc) is 2.71. The van der Waals surface area contributed by atoms with E-state index >= 15 is 0 Å². The molecule has 0 amide bonds. The summed E-state index contributed by atoms with van der Waals surface area (Å²) in [5, 5.41) is 44.3. The van der Waals surface area contributed by atoms with Gasteiger partial charge >= 0.3 is 0 Å². The van der Waals surface area contributed by atoms with E-state index in [-0.39, 0.29) is 29.7 Å². The van der Waals surface area contributed by atoms with Crippen molar-refractivity contribution in [3.8, 4) is 5.75 Å². The van der Waals surface area contributed by atoms with Crippen molar-refractivity contribution in [1.29, 1.82) is 0 Å². The Kier molecular flexibility index (Phi) is 5.79. The first-order valence-electron chi connectivity index (χ1n) is 12.2. The zero-order valence-corrected chi connectivity index (χ0v) is 21.0. The number of benzene rings is 1. The van der Waals surface area contributed by atoms with Crippen LogP contribution in [-0.4, -0.2) is 43.4 Å². The van der Waals surface area contributed by atoms with Gasteiger partial charge in [0.15, 0.2) is 17.2 Å². The Morgan fingerprint density at radius 3 is 2.34 bits per heavy atom. The van der Waals surface area contributed by atoms with Crippen LogP contribution in [0.25, 0.3) is 0 Å². The molecule has 0 fully saturated rings. The molecule has 0 heterocycles. The van der Waals surface area contributed by atoms with Crippen molar-refractivity contribution in [1.82, 2.24) is 0 Å². The quantitative estimate of drug-likeness (QED) is 0.456. The van der Waals surface area contributed by atoms with Gasteiger partial charge in [-0.15, -0.1) is 0 Å². The predicted octanol–water partition coefficient (Wildman–Crippen LogP) is 4.44. The van der Waals surface area contributed by atoms with E-state index in [9.17, 15) is 34.8 Å². The molecule has 0 saturated heterocycles. The number of fused-ring (bicyclic) bond motifs is 3. The Bertz CT molecular complexity index is 1220. The van der Waals surface area contributed by atoms with E-state index in [4.69, 9.17) is 0 Å². The van der Waals surface area contributed by atoms with Crippen molar-refractivity contribution in [2.75, 3.05) is 0 Å². The number of carbonyl (C=O) groups excluding carboxylic acids is 3. The average molecular weight is 483 g/mol. The largest absolute Gasteiger partial charge is 0.511 e. The van der Waals surface area contributed by atoms with E-state index in [0.717, 1.165) is 37.3 Å². The van der Waals surface area contributed by atoms with Crippen molar-refractivity contribution in [2.24, 2.45) is 16.7 Å². The minimum absolute atomic E-state index is 0.0896. The molecule has 3 aliphatic carbocycles. The van der Waals surface area contributed by atoms with Gasteiger partial charge in [-0.1, -0.05) is 40.2 Å². The third-order valence-electron chi connectivity index (χ3n) is 8.23. The first-order chi connectivity index (χ1) is 16.2. The lowest BCUT2D eigenvalue weighted by atomic mass is 9.48. The van der Waals surface area contributed by atoms with Gasteiger partial charge in [-0.2, -0.15) is 0 Å². The normalized spacial score (nSPS) is 30.4. The molecule has 0 saturated carbocycles. The van der Waals surface area contributed by atoms with E-state index in [0.29, 0.717) is 12.3 Å². The number of carbonyl (C=O) groups is 3. The summed E-state index contributed by atoms with van der Waals surface area (Å²) in [7, 11) is 0. The second kappa shape index (κ2) is 8.05. The van der Waals surface area contributed by atoms with Crippen LogP contribution in [0.2, 0.25) is 0 Å². The summed E-state index contributed by atoms with van der Waals surface area (Å²) < 4.78 is 0. The molecular weight excluding hydrogens is 448 g/mol. The SMILES string of the molecule is CC(=O)C1=C(O)C[C@@]2(C)C[C@@]3(C)Cc4c(CCCC(C)C)ccc(O)c4C(=O)C3=C(O)[C@@]2(O)C1=O. The fourth-order valence-corrected chi connectivity index (χ4v) is 6.65. The maximum atomic E-state index is 13.8. The molecule has 0 aromatic heterocycles. The van der Waals surface area contributed by atoms with Gasteiger partial charge in [0.05, 0.1) is 5.56 Å². The molecule has 7 nitrogen and oxygen atoms in total. The van der Waals surface area contributed by atoms with Gasteiger partial charge in [0, 0.05) is 22.8 Å². The Hall–Kier alpha value is -2.93. The van der Waals surface area contributed by atoms with Gasteiger partial charge < -0.3 is 20.4 Å². The molecule has 3 aliphatic rings. The number of phenols is 1. The van der Waals surface area contributed by atoms with Crippen LogP contribution >= 0.6 is 0 Å². The summed E-state index contributed by atoms with van der Waals surface area (Å²) in [4.78, 5) is 39.2. The van der Waals surface area contributed by atoms with Gasteiger partial charge in [0.25, 0.3) is 0 Å². The lowest BCUT2D eigenvalue weighted by molar-refractivity contribution is -0.159. The second-order valence-corrected chi connectivity index (χ2v) is 11.5. The van der Waals surface area contributed by atoms with E-state index < -0.39 is 50.9 Å². The highest BCUT2D eigenvalue weighted by Crippen LogP contribution is 2.62. The zero-order chi connectivity index (χ0) is 26.1. The Morgan fingerprint density at radius 2 is 1.74 bits per heavy atom. The van der Waals surface area contributed by atoms with Crippen molar-refractivity contribution in [3.63, 3.8) is 0 Å². The molecule has 188 valence electrons. The number of aliphatic hydroxyl groups is 3. The van der Waals surface area contributed by atoms with Crippen molar-refractivity contribution in [3.05, 3.63) is 51.5 Å². The third-order valence-corrected chi connectivity index (χ3v) is 8.23. The zero-order valence-electron chi connectivity index (χ0n) is 21.0. The monoisotopic (exact) mass is 482 g/mol. The molecule has 0 spiro atoms. The maximum Gasteiger partial charge on any atom is 0.209 e.